The zero-order chi connectivity index (χ0) is 12.4. The first-order valence-corrected chi connectivity index (χ1v) is 5.33. The molecule has 0 saturated heterocycles. The molecule has 1 aromatic heterocycles. The van der Waals surface area contributed by atoms with Crippen LogP contribution in [-0.2, 0) is 11.3 Å². The van der Waals surface area contributed by atoms with E-state index in [-0.39, 0.29) is 12.3 Å². The Hall–Kier alpha value is -2.24. The Morgan fingerprint density at radius 2 is 2.29 bits per heavy atom. The Labute approximate surface area is 98.6 Å². The number of carbonyl (C=O) groups is 1. The summed E-state index contributed by atoms with van der Waals surface area (Å²) in [6.45, 7) is 0.455. The summed E-state index contributed by atoms with van der Waals surface area (Å²) in [4.78, 5) is 15.0. The summed E-state index contributed by atoms with van der Waals surface area (Å²) in [5, 5.41) is 3.03. The van der Waals surface area contributed by atoms with E-state index in [1.165, 1.54) is 0 Å². The van der Waals surface area contributed by atoms with E-state index in [2.05, 4.69) is 10.3 Å². The highest BCUT2D eigenvalue weighted by Crippen LogP contribution is 2.21. The Kier molecular flexibility index (Phi) is 2.86. The fourth-order valence-corrected chi connectivity index (χ4v) is 1.76. The van der Waals surface area contributed by atoms with Crippen LogP contribution >= 0.6 is 0 Å². The van der Waals surface area contributed by atoms with Gasteiger partial charge in [-0.15, -0.1) is 0 Å². The molecule has 6 heteroatoms. The second kappa shape index (κ2) is 4.32. The third kappa shape index (κ3) is 2.15. The van der Waals surface area contributed by atoms with Gasteiger partial charge in [-0.3, -0.25) is 4.79 Å². The number of fused-ring (bicyclic) bond motifs is 1. The lowest BCUT2D eigenvalue weighted by atomic mass is 10.2. The molecule has 0 aliphatic carbocycles. The van der Waals surface area contributed by atoms with Crippen molar-refractivity contribution in [3.8, 4) is 0 Å². The van der Waals surface area contributed by atoms with E-state index >= 15 is 0 Å². The highest BCUT2D eigenvalue weighted by Gasteiger charge is 2.09. The highest BCUT2D eigenvalue weighted by molar-refractivity contribution is 5.82. The summed E-state index contributed by atoms with van der Waals surface area (Å²) in [5.41, 5.74) is 13.6. The second-order valence-electron chi connectivity index (χ2n) is 3.79. The molecule has 0 unspecified atom stereocenters. The average molecular weight is 233 g/mol. The first-order chi connectivity index (χ1) is 8.11. The van der Waals surface area contributed by atoms with Crippen LogP contribution in [0.4, 0.5) is 11.6 Å². The molecule has 0 atom stereocenters. The molecule has 2 rings (SSSR count). The highest BCUT2D eigenvalue weighted by atomic mass is 16.1. The molecule has 0 aliphatic heterocycles. The van der Waals surface area contributed by atoms with Crippen LogP contribution in [0.15, 0.2) is 18.2 Å². The van der Waals surface area contributed by atoms with Crippen LogP contribution in [0.1, 0.15) is 6.42 Å². The number of anilines is 2. The van der Waals surface area contributed by atoms with E-state index < -0.39 is 0 Å². The molecular formula is C11H15N5O. The van der Waals surface area contributed by atoms with Gasteiger partial charge in [0.2, 0.25) is 11.9 Å². The van der Waals surface area contributed by atoms with Gasteiger partial charge in [0.25, 0.3) is 0 Å². The minimum Gasteiger partial charge on any atom is -0.388 e. The molecule has 90 valence electrons. The number of carbonyl (C=O) groups excluding carboxylic acids is 1. The van der Waals surface area contributed by atoms with Crippen molar-refractivity contribution in [2.45, 2.75) is 13.0 Å². The average Bonchev–Trinajstić information content (AvgIpc) is 2.60. The number of benzene rings is 1. The number of hydrogen-bond donors (Lipinski definition) is 3. The lowest BCUT2D eigenvalue weighted by molar-refractivity contribution is -0.118. The SMILES string of the molecule is CNc1ccc2c(c1)nc(N)n2CCC(N)=O. The van der Waals surface area contributed by atoms with Crippen LogP contribution in [0.2, 0.25) is 0 Å². The van der Waals surface area contributed by atoms with Gasteiger partial charge in [0.1, 0.15) is 0 Å². The number of aryl methyl sites for hydroxylation is 1. The van der Waals surface area contributed by atoms with Crippen molar-refractivity contribution in [2.75, 3.05) is 18.1 Å². The monoisotopic (exact) mass is 233 g/mol. The number of rotatable bonds is 4. The summed E-state index contributed by atoms with van der Waals surface area (Å²) in [5.74, 6) is 0.0487. The molecule has 1 aromatic carbocycles. The molecule has 17 heavy (non-hydrogen) atoms. The quantitative estimate of drug-likeness (QED) is 0.717. The standard InChI is InChI=1S/C11H15N5O/c1-14-7-2-3-9-8(6-7)15-11(13)16(9)5-4-10(12)17/h2-3,6,14H,4-5H2,1H3,(H2,12,17)(H2,13,15). The maximum atomic E-state index is 10.8. The van der Waals surface area contributed by atoms with Crippen molar-refractivity contribution in [1.29, 1.82) is 0 Å². The zero-order valence-corrected chi connectivity index (χ0v) is 9.60. The number of amides is 1. The summed E-state index contributed by atoms with van der Waals surface area (Å²) in [6, 6.07) is 5.77. The molecular weight excluding hydrogens is 218 g/mol. The second-order valence-corrected chi connectivity index (χ2v) is 3.79. The fourth-order valence-electron chi connectivity index (χ4n) is 1.76. The summed E-state index contributed by atoms with van der Waals surface area (Å²) in [6.07, 6.45) is 0.253. The molecule has 0 bridgehead atoms. The van der Waals surface area contributed by atoms with Crippen molar-refractivity contribution in [2.24, 2.45) is 5.73 Å². The summed E-state index contributed by atoms with van der Waals surface area (Å²) in [7, 11) is 1.84. The third-order valence-electron chi connectivity index (χ3n) is 2.65. The molecule has 0 spiro atoms. The van der Waals surface area contributed by atoms with Crippen LogP contribution in [-0.4, -0.2) is 22.5 Å². The van der Waals surface area contributed by atoms with Gasteiger partial charge in [0.15, 0.2) is 0 Å². The number of nitrogens with one attached hydrogen (secondary N) is 1. The number of nitrogens with two attached hydrogens (primary N) is 2. The number of nitrogen functional groups attached to an aromatic ring is 1. The van der Waals surface area contributed by atoms with E-state index in [4.69, 9.17) is 11.5 Å². The topological polar surface area (TPSA) is 99.0 Å². The minimum atomic E-state index is -0.349. The molecule has 1 heterocycles. The Bertz CT molecular complexity index is 560. The molecule has 0 saturated carbocycles. The van der Waals surface area contributed by atoms with Crippen molar-refractivity contribution in [3.63, 3.8) is 0 Å². The molecule has 6 nitrogen and oxygen atoms in total. The molecule has 5 N–H and O–H groups in total. The van der Waals surface area contributed by atoms with Gasteiger partial charge in [0, 0.05) is 25.7 Å². The Morgan fingerprint density at radius 3 is 2.94 bits per heavy atom. The smallest absolute Gasteiger partial charge is 0.219 e. The normalized spacial score (nSPS) is 10.6. The van der Waals surface area contributed by atoms with Crippen molar-refractivity contribution in [1.82, 2.24) is 9.55 Å². The Balaban J connectivity index is 2.41. The van der Waals surface area contributed by atoms with Gasteiger partial charge in [0.05, 0.1) is 11.0 Å². The minimum absolute atomic E-state index is 0.253. The van der Waals surface area contributed by atoms with Gasteiger partial charge >= 0.3 is 0 Å². The summed E-state index contributed by atoms with van der Waals surface area (Å²) < 4.78 is 1.79. The van der Waals surface area contributed by atoms with Crippen LogP contribution < -0.4 is 16.8 Å². The van der Waals surface area contributed by atoms with E-state index in [9.17, 15) is 4.79 Å². The lowest BCUT2D eigenvalue weighted by Crippen LogP contribution is -2.14. The van der Waals surface area contributed by atoms with Gasteiger partial charge in [-0.1, -0.05) is 0 Å². The maximum Gasteiger partial charge on any atom is 0.219 e. The molecule has 0 aliphatic rings. The largest absolute Gasteiger partial charge is 0.388 e. The number of imidazole rings is 1. The van der Waals surface area contributed by atoms with E-state index in [0.717, 1.165) is 16.7 Å². The fraction of sp³-hybridized carbons (Fsp3) is 0.273. The van der Waals surface area contributed by atoms with E-state index in [1.807, 2.05) is 25.2 Å². The first-order valence-electron chi connectivity index (χ1n) is 5.33. The van der Waals surface area contributed by atoms with Gasteiger partial charge in [-0.25, -0.2) is 4.98 Å². The number of primary amides is 1. The first kappa shape index (κ1) is 11.3. The Morgan fingerprint density at radius 1 is 1.53 bits per heavy atom. The lowest BCUT2D eigenvalue weighted by Gasteiger charge is -2.04. The van der Waals surface area contributed by atoms with Crippen LogP contribution in [0, 0.1) is 0 Å². The predicted molar refractivity (Wildman–Crippen MR) is 67.5 cm³/mol. The van der Waals surface area contributed by atoms with Crippen molar-refractivity contribution >= 4 is 28.6 Å². The summed E-state index contributed by atoms with van der Waals surface area (Å²) >= 11 is 0. The van der Waals surface area contributed by atoms with Crippen LogP contribution in [0.5, 0.6) is 0 Å². The molecule has 0 radical (unpaired) electrons. The number of aromatic nitrogens is 2. The van der Waals surface area contributed by atoms with E-state index in [1.54, 1.807) is 4.57 Å². The van der Waals surface area contributed by atoms with Gasteiger partial charge < -0.3 is 21.4 Å². The van der Waals surface area contributed by atoms with Gasteiger partial charge in [-0.2, -0.15) is 0 Å². The predicted octanol–water partition coefficient (Wildman–Crippen LogP) is 0.536. The number of nitrogens with zero attached hydrogens (tertiary/aromatic N) is 2. The van der Waals surface area contributed by atoms with Crippen molar-refractivity contribution in [3.05, 3.63) is 18.2 Å². The molecule has 1 amide bonds. The van der Waals surface area contributed by atoms with Crippen molar-refractivity contribution < 1.29 is 4.79 Å². The maximum absolute atomic E-state index is 10.8. The van der Waals surface area contributed by atoms with Gasteiger partial charge in [-0.05, 0) is 18.2 Å². The zero-order valence-electron chi connectivity index (χ0n) is 9.60. The van der Waals surface area contributed by atoms with Crippen LogP contribution in [0.3, 0.4) is 0 Å². The number of hydrogen-bond acceptors (Lipinski definition) is 4. The van der Waals surface area contributed by atoms with E-state index in [0.29, 0.717) is 12.5 Å². The third-order valence-corrected chi connectivity index (χ3v) is 2.65. The molecule has 2 aromatic rings. The molecule has 0 fully saturated rings. The van der Waals surface area contributed by atoms with Crippen LogP contribution in [0.25, 0.3) is 11.0 Å².